The van der Waals surface area contributed by atoms with Gasteiger partial charge in [0.2, 0.25) is 0 Å². The minimum atomic E-state index is 0.874. The van der Waals surface area contributed by atoms with Crippen molar-refractivity contribution in [3.8, 4) is 0 Å². The number of anilines is 1. The SMILES string of the molecule is Cc1cc(NCC2CC2C)cnc1Br. The Hall–Kier alpha value is -0.570. The summed E-state index contributed by atoms with van der Waals surface area (Å²) < 4.78 is 0.933. The van der Waals surface area contributed by atoms with Crippen molar-refractivity contribution in [2.75, 3.05) is 11.9 Å². The van der Waals surface area contributed by atoms with Gasteiger partial charge < -0.3 is 5.32 Å². The molecule has 2 unspecified atom stereocenters. The summed E-state index contributed by atoms with van der Waals surface area (Å²) in [4.78, 5) is 4.25. The van der Waals surface area contributed by atoms with E-state index in [1.54, 1.807) is 0 Å². The number of aromatic nitrogens is 1. The highest BCUT2D eigenvalue weighted by Crippen LogP contribution is 2.37. The first-order chi connectivity index (χ1) is 6.66. The first-order valence-corrected chi connectivity index (χ1v) is 5.82. The van der Waals surface area contributed by atoms with Crippen LogP contribution in [0.5, 0.6) is 0 Å². The van der Waals surface area contributed by atoms with Crippen LogP contribution in [0.2, 0.25) is 0 Å². The fraction of sp³-hybridized carbons (Fsp3) is 0.545. The van der Waals surface area contributed by atoms with E-state index in [4.69, 9.17) is 0 Å². The molecule has 0 radical (unpaired) electrons. The van der Waals surface area contributed by atoms with Crippen molar-refractivity contribution >= 4 is 21.6 Å². The monoisotopic (exact) mass is 254 g/mol. The second kappa shape index (κ2) is 3.89. The molecule has 1 saturated carbocycles. The average molecular weight is 255 g/mol. The molecule has 0 aromatic carbocycles. The normalized spacial score (nSPS) is 24.8. The zero-order valence-corrected chi connectivity index (χ0v) is 10.1. The lowest BCUT2D eigenvalue weighted by molar-refractivity contribution is 0.786. The highest BCUT2D eigenvalue weighted by molar-refractivity contribution is 9.10. The molecule has 76 valence electrons. The summed E-state index contributed by atoms with van der Waals surface area (Å²) in [5.41, 5.74) is 2.31. The van der Waals surface area contributed by atoms with Gasteiger partial charge in [-0.2, -0.15) is 0 Å². The van der Waals surface area contributed by atoms with Crippen LogP contribution >= 0.6 is 15.9 Å². The first kappa shape index (κ1) is 9.97. The van der Waals surface area contributed by atoms with E-state index in [1.165, 1.54) is 12.0 Å². The van der Waals surface area contributed by atoms with Gasteiger partial charge in [0.1, 0.15) is 4.60 Å². The predicted molar refractivity (Wildman–Crippen MR) is 62.4 cm³/mol. The molecule has 1 aromatic heterocycles. The van der Waals surface area contributed by atoms with Gasteiger partial charge in [-0.25, -0.2) is 4.98 Å². The van der Waals surface area contributed by atoms with Crippen molar-refractivity contribution < 1.29 is 0 Å². The molecule has 2 nitrogen and oxygen atoms in total. The molecule has 1 heterocycles. The third-order valence-corrected chi connectivity index (χ3v) is 3.69. The smallest absolute Gasteiger partial charge is 0.109 e. The largest absolute Gasteiger partial charge is 0.384 e. The lowest BCUT2D eigenvalue weighted by Gasteiger charge is -2.06. The van der Waals surface area contributed by atoms with Gasteiger partial charge in [-0.15, -0.1) is 0 Å². The standard InChI is InChI=1S/C11H15BrN2/c1-7-3-9(7)5-13-10-4-8(2)11(12)14-6-10/h4,6-7,9,13H,3,5H2,1-2H3. The molecule has 0 bridgehead atoms. The molecule has 3 heteroatoms. The molecule has 2 atom stereocenters. The van der Waals surface area contributed by atoms with Crippen LogP contribution in [0.3, 0.4) is 0 Å². The molecule has 0 saturated heterocycles. The summed E-state index contributed by atoms with van der Waals surface area (Å²) in [5, 5.41) is 3.42. The van der Waals surface area contributed by atoms with Crippen LogP contribution < -0.4 is 5.32 Å². The average Bonchev–Trinajstić information content (AvgIpc) is 2.85. The van der Waals surface area contributed by atoms with Gasteiger partial charge in [0, 0.05) is 6.54 Å². The number of halogens is 1. The highest BCUT2D eigenvalue weighted by Gasteiger charge is 2.31. The Labute approximate surface area is 93.3 Å². The number of nitrogens with one attached hydrogen (secondary N) is 1. The van der Waals surface area contributed by atoms with Crippen LogP contribution in [0.25, 0.3) is 0 Å². The lowest BCUT2D eigenvalue weighted by atomic mass is 10.3. The summed E-state index contributed by atoms with van der Waals surface area (Å²) in [6.07, 6.45) is 3.25. The first-order valence-electron chi connectivity index (χ1n) is 5.03. The topological polar surface area (TPSA) is 24.9 Å². The molecule has 1 aliphatic rings. The second-order valence-electron chi connectivity index (χ2n) is 4.19. The van der Waals surface area contributed by atoms with E-state index in [1.807, 2.05) is 6.20 Å². The highest BCUT2D eigenvalue weighted by atomic mass is 79.9. The molecule has 1 N–H and O–H groups in total. The fourth-order valence-corrected chi connectivity index (χ4v) is 1.80. The maximum Gasteiger partial charge on any atom is 0.109 e. The Bertz CT molecular complexity index is 338. The van der Waals surface area contributed by atoms with E-state index in [0.717, 1.165) is 28.7 Å². The van der Waals surface area contributed by atoms with E-state index in [-0.39, 0.29) is 0 Å². The molecular formula is C11H15BrN2. The van der Waals surface area contributed by atoms with Crippen molar-refractivity contribution in [2.24, 2.45) is 11.8 Å². The van der Waals surface area contributed by atoms with E-state index in [2.05, 4.69) is 46.1 Å². The van der Waals surface area contributed by atoms with E-state index in [9.17, 15) is 0 Å². The van der Waals surface area contributed by atoms with Crippen molar-refractivity contribution in [1.29, 1.82) is 0 Å². The number of nitrogens with zero attached hydrogens (tertiary/aromatic N) is 1. The van der Waals surface area contributed by atoms with Crippen LogP contribution in [-0.2, 0) is 0 Å². The van der Waals surface area contributed by atoms with Gasteiger partial charge in [-0.05, 0) is 52.7 Å². The Morgan fingerprint density at radius 2 is 2.36 bits per heavy atom. The van der Waals surface area contributed by atoms with Crippen LogP contribution in [0.1, 0.15) is 18.9 Å². The minimum absolute atomic E-state index is 0.874. The molecule has 1 fully saturated rings. The lowest BCUT2D eigenvalue weighted by Crippen LogP contribution is -2.04. The van der Waals surface area contributed by atoms with Crippen molar-refractivity contribution in [1.82, 2.24) is 4.98 Å². The number of hydrogen-bond acceptors (Lipinski definition) is 2. The summed E-state index contributed by atoms with van der Waals surface area (Å²) >= 11 is 3.39. The van der Waals surface area contributed by atoms with Crippen LogP contribution in [-0.4, -0.2) is 11.5 Å². The van der Waals surface area contributed by atoms with Crippen molar-refractivity contribution in [2.45, 2.75) is 20.3 Å². The van der Waals surface area contributed by atoms with Crippen LogP contribution in [0.15, 0.2) is 16.9 Å². The van der Waals surface area contributed by atoms with Gasteiger partial charge in [-0.3, -0.25) is 0 Å². The Kier molecular flexibility index (Phi) is 2.77. The third-order valence-electron chi connectivity index (χ3n) is 2.86. The van der Waals surface area contributed by atoms with Crippen molar-refractivity contribution in [3.63, 3.8) is 0 Å². The molecule has 0 aliphatic heterocycles. The number of aryl methyl sites for hydroxylation is 1. The number of hydrogen-bond donors (Lipinski definition) is 1. The zero-order valence-electron chi connectivity index (χ0n) is 8.55. The number of rotatable bonds is 3. The Morgan fingerprint density at radius 3 is 2.93 bits per heavy atom. The Balaban J connectivity index is 1.92. The molecule has 0 amide bonds. The van der Waals surface area contributed by atoms with E-state index in [0.29, 0.717) is 0 Å². The summed E-state index contributed by atoms with van der Waals surface area (Å²) in [5.74, 6) is 1.78. The molecule has 0 spiro atoms. The Morgan fingerprint density at radius 1 is 1.64 bits per heavy atom. The van der Waals surface area contributed by atoms with E-state index < -0.39 is 0 Å². The van der Waals surface area contributed by atoms with Crippen molar-refractivity contribution in [3.05, 3.63) is 22.4 Å². The van der Waals surface area contributed by atoms with Gasteiger partial charge in [0.25, 0.3) is 0 Å². The molecule has 14 heavy (non-hydrogen) atoms. The summed E-state index contributed by atoms with van der Waals surface area (Å²) in [6.45, 7) is 5.45. The summed E-state index contributed by atoms with van der Waals surface area (Å²) in [6, 6.07) is 2.13. The van der Waals surface area contributed by atoms with Gasteiger partial charge in [-0.1, -0.05) is 6.92 Å². The van der Waals surface area contributed by atoms with Gasteiger partial charge >= 0.3 is 0 Å². The molecule has 2 rings (SSSR count). The third kappa shape index (κ3) is 2.27. The zero-order chi connectivity index (χ0) is 10.1. The van der Waals surface area contributed by atoms with E-state index >= 15 is 0 Å². The summed E-state index contributed by atoms with van der Waals surface area (Å²) in [7, 11) is 0. The number of pyridine rings is 1. The maximum atomic E-state index is 4.25. The second-order valence-corrected chi connectivity index (χ2v) is 4.94. The van der Waals surface area contributed by atoms with Crippen LogP contribution in [0, 0.1) is 18.8 Å². The van der Waals surface area contributed by atoms with Gasteiger partial charge in [0.05, 0.1) is 11.9 Å². The van der Waals surface area contributed by atoms with Gasteiger partial charge in [0.15, 0.2) is 0 Å². The quantitative estimate of drug-likeness (QED) is 0.839. The fourth-order valence-electron chi connectivity index (χ4n) is 1.59. The molecular weight excluding hydrogens is 240 g/mol. The minimum Gasteiger partial charge on any atom is -0.384 e. The maximum absolute atomic E-state index is 4.25. The molecule has 1 aromatic rings. The predicted octanol–water partition coefficient (Wildman–Crippen LogP) is 3.22. The van der Waals surface area contributed by atoms with Crippen LogP contribution in [0.4, 0.5) is 5.69 Å². The molecule has 1 aliphatic carbocycles.